The third-order valence-corrected chi connectivity index (χ3v) is 5.60. The first-order chi connectivity index (χ1) is 15.2. The average Bonchev–Trinajstić information content (AvgIpc) is 3.26. The van der Waals surface area contributed by atoms with Gasteiger partial charge in [-0.25, -0.2) is 4.68 Å². The Kier molecular flexibility index (Phi) is 5.10. The first-order valence-electron chi connectivity index (χ1n) is 10.2. The normalized spacial score (nSPS) is 15.7. The van der Waals surface area contributed by atoms with Crippen molar-refractivity contribution in [1.29, 1.82) is 0 Å². The molecular formula is C26H22N4S. The Morgan fingerprint density at radius 2 is 1.52 bits per heavy atom. The van der Waals surface area contributed by atoms with Crippen molar-refractivity contribution in [2.75, 3.05) is 0 Å². The molecule has 0 bridgehead atoms. The molecule has 152 valence electrons. The summed E-state index contributed by atoms with van der Waals surface area (Å²) >= 11 is 5.56. The van der Waals surface area contributed by atoms with Crippen LogP contribution in [0.5, 0.6) is 0 Å². The van der Waals surface area contributed by atoms with Gasteiger partial charge >= 0.3 is 0 Å². The van der Waals surface area contributed by atoms with Gasteiger partial charge in [-0.2, -0.15) is 5.10 Å². The molecule has 3 aromatic carbocycles. The lowest BCUT2D eigenvalue weighted by Gasteiger charge is -2.26. The van der Waals surface area contributed by atoms with E-state index in [0.29, 0.717) is 5.11 Å². The number of nitrogens with one attached hydrogen (secondary N) is 2. The van der Waals surface area contributed by atoms with Gasteiger partial charge in [-0.05, 0) is 42.9 Å². The number of rotatable bonds is 4. The Hall–Kier alpha value is -3.70. The molecule has 2 heterocycles. The van der Waals surface area contributed by atoms with E-state index in [0.717, 1.165) is 33.8 Å². The zero-order valence-electron chi connectivity index (χ0n) is 17.1. The molecule has 1 atom stereocenters. The highest BCUT2D eigenvalue weighted by Crippen LogP contribution is 2.32. The van der Waals surface area contributed by atoms with E-state index in [-0.39, 0.29) is 6.04 Å². The summed E-state index contributed by atoms with van der Waals surface area (Å²) in [6.45, 7) is 2.09. The Morgan fingerprint density at radius 1 is 0.839 bits per heavy atom. The highest BCUT2D eigenvalue weighted by Gasteiger charge is 2.24. The molecule has 1 aromatic heterocycles. The van der Waals surface area contributed by atoms with Crippen molar-refractivity contribution in [3.63, 3.8) is 0 Å². The maximum absolute atomic E-state index is 5.56. The van der Waals surface area contributed by atoms with E-state index in [2.05, 4.69) is 78.4 Å². The van der Waals surface area contributed by atoms with Gasteiger partial charge < -0.3 is 10.6 Å². The summed E-state index contributed by atoms with van der Waals surface area (Å²) < 4.78 is 1.93. The zero-order valence-corrected chi connectivity index (χ0v) is 17.9. The molecule has 0 radical (unpaired) electrons. The van der Waals surface area contributed by atoms with Crippen molar-refractivity contribution >= 4 is 23.0 Å². The van der Waals surface area contributed by atoms with E-state index in [1.807, 2.05) is 41.1 Å². The van der Waals surface area contributed by atoms with Gasteiger partial charge in [0.15, 0.2) is 5.11 Å². The lowest BCUT2D eigenvalue weighted by Crippen LogP contribution is -2.40. The summed E-state index contributed by atoms with van der Waals surface area (Å²) in [5.41, 5.74) is 7.44. The Labute approximate surface area is 187 Å². The van der Waals surface area contributed by atoms with Gasteiger partial charge in [0.1, 0.15) is 0 Å². The molecular weight excluding hydrogens is 400 g/mol. The van der Waals surface area contributed by atoms with Gasteiger partial charge in [-0.1, -0.05) is 78.4 Å². The molecule has 1 aliphatic rings. The maximum Gasteiger partial charge on any atom is 0.171 e. The van der Waals surface area contributed by atoms with Crippen LogP contribution in [0, 0.1) is 6.92 Å². The van der Waals surface area contributed by atoms with Gasteiger partial charge in [-0.15, -0.1) is 0 Å². The number of aryl methyl sites for hydroxylation is 1. The average molecular weight is 423 g/mol. The second kappa shape index (κ2) is 8.20. The molecule has 1 aliphatic heterocycles. The minimum absolute atomic E-state index is 0.0993. The molecule has 5 heteroatoms. The molecule has 0 saturated heterocycles. The third kappa shape index (κ3) is 4.00. The van der Waals surface area contributed by atoms with Crippen LogP contribution in [0.4, 0.5) is 0 Å². The quantitative estimate of drug-likeness (QED) is 0.432. The lowest BCUT2D eigenvalue weighted by molar-refractivity contribution is 0.766. The fourth-order valence-corrected chi connectivity index (χ4v) is 4.00. The van der Waals surface area contributed by atoms with E-state index in [4.69, 9.17) is 17.3 Å². The monoisotopic (exact) mass is 422 g/mol. The summed E-state index contributed by atoms with van der Waals surface area (Å²) in [7, 11) is 0. The summed E-state index contributed by atoms with van der Waals surface area (Å²) in [4.78, 5) is 0. The molecule has 4 nitrogen and oxygen atoms in total. The van der Waals surface area contributed by atoms with Crippen molar-refractivity contribution in [3.05, 3.63) is 114 Å². The highest BCUT2D eigenvalue weighted by atomic mass is 32.1. The number of hydrogen-bond acceptors (Lipinski definition) is 2. The number of hydrogen-bond donors (Lipinski definition) is 2. The van der Waals surface area contributed by atoms with E-state index >= 15 is 0 Å². The molecule has 0 saturated carbocycles. The van der Waals surface area contributed by atoms with Crippen LogP contribution in [-0.4, -0.2) is 14.9 Å². The molecule has 1 unspecified atom stereocenters. The van der Waals surface area contributed by atoms with Gasteiger partial charge in [-0.3, -0.25) is 0 Å². The van der Waals surface area contributed by atoms with Crippen LogP contribution in [0.15, 0.2) is 97.2 Å². The highest BCUT2D eigenvalue weighted by molar-refractivity contribution is 7.80. The predicted molar refractivity (Wildman–Crippen MR) is 130 cm³/mol. The van der Waals surface area contributed by atoms with Crippen molar-refractivity contribution in [3.8, 4) is 16.9 Å². The Balaban J connectivity index is 1.62. The molecule has 0 fully saturated rings. The zero-order chi connectivity index (χ0) is 21.2. The lowest BCUT2D eigenvalue weighted by atomic mass is 9.99. The number of benzene rings is 3. The van der Waals surface area contributed by atoms with Crippen molar-refractivity contribution in [2.24, 2.45) is 0 Å². The van der Waals surface area contributed by atoms with Gasteiger partial charge in [0, 0.05) is 23.0 Å². The van der Waals surface area contributed by atoms with E-state index in [1.165, 1.54) is 5.56 Å². The van der Waals surface area contributed by atoms with Crippen LogP contribution in [0.25, 0.3) is 22.6 Å². The SMILES string of the molecule is Cc1ccc(C2=CC(c3cn(-c4ccccc4)nc3-c3ccccc3)NC(=S)N2)cc1. The topological polar surface area (TPSA) is 41.9 Å². The maximum atomic E-state index is 5.56. The van der Waals surface area contributed by atoms with Crippen LogP contribution >= 0.6 is 12.2 Å². The van der Waals surface area contributed by atoms with E-state index < -0.39 is 0 Å². The molecule has 0 amide bonds. The minimum Gasteiger partial charge on any atom is -0.352 e. The molecule has 0 spiro atoms. The number of nitrogens with zero attached hydrogens (tertiary/aromatic N) is 2. The van der Waals surface area contributed by atoms with Gasteiger partial charge in [0.2, 0.25) is 0 Å². The van der Waals surface area contributed by atoms with E-state index in [1.54, 1.807) is 0 Å². The molecule has 4 aromatic rings. The van der Waals surface area contributed by atoms with E-state index in [9.17, 15) is 0 Å². The Morgan fingerprint density at radius 3 is 2.23 bits per heavy atom. The van der Waals surface area contributed by atoms with Gasteiger partial charge in [0.25, 0.3) is 0 Å². The minimum atomic E-state index is -0.0993. The van der Waals surface area contributed by atoms with Crippen LogP contribution < -0.4 is 10.6 Å². The fourth-order valence-electron chi connectivity index (χ4n) is 3.77. The number of para-hydroxylation sites is 1. The molecule has 0 aliphatic carbocycles. The van der Waals surface area contributed by atoms with Crippen LogP contribution in [0.2, 0.25) is 0 Å². The summed E-state index contributed by atoms with van der Waals surface area (Å²) in [5, 5.41) is 12.3. The van der Waals surface area contributed by atoms with Gasteiger partial charge in [0.05, 0.1) is 17.4 Å². The number of thiocarbonyl (C=S) groups is 1. The van der Waals surface area contributed by atoms with Crippen molar-refractivity contribution in [2.45, 2.75) is 13.0 Å². The first kappa shape index (κ1) is 19.3. The molecule has 2 N–H and O–H groups in total. The smallest absolute Gasteiger partial charge is 0.171 e. The third-order valence-electron chi connectivity index (χ3n) is 5.38. The first-order valence-corrected chi connectivity index (χ1v) is 10.6. The second-order valence-corrected chi connectivity index (χ2v) is 8.01. The summed E-state index contributed by atoms with van der Waals surface area (Å²) in [6.07, 6.45) is 4.27. The standard InChI is InChI=1S/C26H22N4S/c1-18-12-14-19(15-13-18)23-16-24(28-26(31)27-23)22-17-30(21-10-6-3-7-11-21)29-25(22)20-8-4-2-5-9-20/h2-17,24H,1H3,(H2,27,28,31). The fraction of sp³-hybridized carbons (Fsp3) is 0.0769. The van der Waals surface area contributed by atoms with Crippen LogP contribution in [0.3, 0.4) is 0 Å². The Bertz CT molecular complexity index is 1240. The predicted octanol–water partition coefficient (Wildman–Crippen LogP) is 5.41. The largest absolute Gasteiger partial charge is 0.352 e. The second-order valence-electron chi connectivity index (χ2n) is 7.60. The summed E-state index contributed by atoms with van der Waals surface area (Å²) in [6, 6.07) is 28.8. The van der Waals surface area contributed by atoms with Crippen molar-refractivity contribution < 1.29 is 0 Å². The van der Waals surface area contributed by atoms with Crippen molar-refractivity contribution in [1.82, 2.24) is 20.4 Å². The summed E-state index contributed by atoms with van der Waals surface area (Å²) in [5.74, 6) is 0. The molecule has 31 heavy (non-hydrogen) atoms. The number of aromatic nitrogens is 2. The van der Waals surface area contributed by atoms with Crippen LogP contribution in [-0.2, 0) is 0 Å². The molecule has 5 rings (SSSR count). The van der Waals surface area contributed by atoms with Crippen LogP contribution in [0.1, 0.15) is 22.7 Å².